The fourth-order valence-corrected chi connectivity index (χ4v) is 3.26. The number of aryl methyl sites for hydroxylation is 1. The lowest BCUT2D eigenvalue weighted by atomic mass is 9.96. The maximum absolute atomic E-state index is 11.8. The van der Waals surface area contributed by atoms with Crippen LogP contribution in [-0.2, 0) is 20.7 Å². The number of rotatable bonds is 9. The van der Waals surface area contributed by atoms with Crippen LogP contribution in [0.2, 0.25) is 5.02 Å². The Morgan fingerprint density at radius 2 is 1.82 bits per heavy atom. The molecule has 0 bridgehead atoms. The lowest BCUT2D eigenvalue weighted by Crippen LogP contribution is -2.46. The first-order valence-electron chi connectivity index (χ1n) is 8.83. The van der Waals surface area contributed by atoms with E-state index in [-0.39, 0.29) is 6.61 Å². The number of aliphatic hydroxyl groups excluding tert-OH is 1. The van der Waals surface area contributed by atoms with Crippen molar-refractivity contribution in [3.8, 4) is 11.1 Å². The van der Waals surface area contributed by atoms with Crippen molar-refractivity contribution in [3.05, 3.63) is 58.6 Å². The molecule has 1 amide bonds. The van der Waals surface area contributed by atoms with E-state index in [1.807, 2.05) is 49.4 Å². The molecule has 2 atom stereocenters. The average molecular weight is 406 g/mol. The van der Waals surface area contributed by atoms with Crippen molar-refractivity contribution >= 4 is 23.5 Å². The van der Waals surface area contributed by atoms with Gasteiger partial charge >= 0.3 is 5.97 Å². The number of amides is 1. The molecule has 1 unspecified atom stereocenters. The summed E-state index contributed by atoms with van der Waals surface area (Å²) in [4.78, 5) is 22.8. The molecule has 0 fully saturated rings. The maximum atomic E-state index is 11.8. The standard InChI is InChI=1S/C21H24ClNO5/c1-13-7-16(10-17(22)8-13)15-5-3-14(4-6-15)9-18(19(24)11-21(26)27)23-20(25)12-28-2/h3-8,10,18-19,24H,9,11-12H2,1-2H3,(H,23,25)(H,26,27)/t18-,19?/m0/s1. The summed E-state index contributed by atoms with van der Waals surface area (Å²) in [7, 11) is 1.39. The Balaban J connectivity index is 2.16. The van der Waals surface area contributed by atoms with E-state index in [1.54, 1.807) is 0 Å². The number of benzene rings is 2. The normalized spacial score (nSPS) is 13.0. The van der Waals surface area contributed by atoms with Gasteiger partial charge in [0.25, 0.3) is 0 Å². The minimum atomic E-state index is -1.21. The van der Waals surface area contributed by atoms with Crippen molar-refractivity contribution in [1.82, 2.24) is 5.32 Å². The van der Waals surface area contributed by atoms with Crippen LogP contribution in [-0.4, -0.2) is 48.0 Å². The quantitative estimate of drug-likeness (QED) is 0.596. The van der Waals surface area contributed by atoms with Crippen molar-refractivity contribution in [1.29, 1.82) is 0 Å². The maximum Gasteiger partial charge on any atom is 0.306 e. The second kappa shape index (κ2) is 10.2. The average Bonchev–Trinajstić information content (AvgIpc) is 2.60. The number of carbonyl (C=O) groups excluding carboxylic acids is 1. The van der Waals surface area contributed by atoms with Gasteiger partial charge in [0.15, 0.2) is 0 Å². The molecule has 0 heterocycles. The summed E-state index contributed by atoms with van der Waals surface area (Å²) in [5, 5.41) is 22.4. The number of ether oxygens (including phenoxy) is 1. The number of carbonyl (C=O) groups is 2. The Bertz CT molecular complexity index is 802. The van der Waals surface area contributed by atoms with Crippen LogP contribution in [0.15, 0.2) is 42.5 Å². The highest BCUT2D eigenvalue weighted by Crippen LogP contribution is 2.25. The Kier molecular flexibility index (Phi) is 7.99. The van der Waals surface area contributed by atoms with Gasteiger partial charge in [-0.1, -0.05) is 41.9 Å². The minimum absolute atomic E-state index is 0.163. The van der Waals surface area contributed by atoms with Gasteiger partial charge in [0.05, 0.1) is 18.6 Å². The highest BCUT2D eigenvalue weighted by Gasteiger charge is 2.24. The molecule has 7 heteroatoms. The molecule has 0 radical (unpaired) electrons. The van der Waals surface area contributed by atoms with Crippen LogP contribution in [0.4, 0.5) is 0 Å². The van der Waals surface area contributed by atoms with Crippen LogP contribution in [0, 0.1) is 6.92 Å². The molecule has 2 aromatic carbocycles. The summed E-state index contributed by atoms with van der Waals surface area (Å²) in [6.45, 7) is 1.81. The first-order chi connectivity index (χ1) is 13.3. The van der Waals surface area contributed by atoms with E-state index in [4.69, 9.17) is 21.4 Å². The molecule has 2 aromatic rings. The molecule has 0 aliphatic heterocycles. The first-order valence-corrected chi connectivity index (χ1v) is 9.21. The molecule has 0 aliphatic carbocycles. The summed E-state index contributed by atoms with van der Waals surface area (Å²) in [5.41, 5.74) is 3.90. The van der Waals surface area contributed by atoms with Gasteiger partial charge in [-0.2, -0.15) is 0 Å². The Labute approximate surface area is 169 Å². The SMILES string of the molecule is COCC(=O)N[C@@H](Cc1ccc(-c2cc(C)cc(Cl)c2)cc1)C(O)CC(=O)O. The predicted octanol–water partition coefficient (Wildman–Crippen LogP) is 2.82. The molecule has 2 rings (SSSR count). The van der Waals surface area contributed by atoms with Gasteiger partial charge in [-0.25, -0.2) is 0 Å². The van der Waals surface area contributed by atoms with Gasteiger partial charge in [-0.05, 0) is 47.7 Å². The third-order valence-electron chi connectivity index (χ3n) is 4.26. The van der Waals surface area contributed by atoms with E-state index in [0.29, 0.717) is 11.4 Å². The zero-order valence-electron chi connectivity index (χ0n) is 15.8. The van der Waals surface area contributed by atoms with E-state index in [1.165, 1.54) is 7.11 Å². The molecule has 0 aliphatic rings. The first kappa shape index (κ1) is 21.9. The third-order valence-corrected chi connectivity index (χ3v) is 4.47. The zero-order chi connectivity index (χ0) is 20.7. The highest BCUT2D eigenvalue weighted by atomic mass is 35.5. The van der Waals surface area contributed by atoms with Gasteiger partial charge < -0.3 is 20.3 Å². The number of halogens is 1. The molecule has 28 heavy (non-hydrogen) atoms. The molecular weight excluding hydrogens is 382 g/mol. The van der Waals surface area contributed by atoms with E-state index < -0.39 is 30.4 Å². The largest absolute Gasteiger partial charge is 0.481 e. The van der Waals surface area contributed by atoms with Gasteiger partial charge in [-0.15, -0.1) is 0 Å². The number of hydrogen-bond donors (Lipinski definition) is 3. The van der Waals surface area contributed by atoms with E-state index in [0.717, 1.165) is 22.3 Å². The lowest BCUT2D eigenvalue weighted by molar-refractivity contribution is -0.140. The smallest absolute Gasteiger partial charge is 0.306 e. The van der Waals surface area contributed by atoms with Crippen molar-refractivity contribution in [3.63, 3.8) is 0 Å². The number of aliphatic hydroxyl groups is 1. The second-order valence-electron chi connectivity index (χ2n) is 6.69. The van der Waals surface area contributed by atoms with Crippen molar-refractivity contribution in [2.45, 2.75) is 31.9 Å². The number of nitrogens with one attached hydrogen (secondary N) is 1. The van der Waals surface area contributed by atoms with E-state index >= 15 is 0 Å². The van der Waals surface area contributed by atoms with Crippen LogP contribution in [0.25, 0.3) is 11.1 Å². The molecule has 6 nitrogen and oxygen atoms in total. The highest BCUT2D eigenvalue weighted by molar-refractivity contribution is 6.30. The molecular formula is C21H24ClNO5. The Morgan fingerprint density at radius 1 is 1.14 bits per heavy atom. The molecule has 0 aromatic heterocycles. The summed E-state index contributed by atoms with van der Waals surface area (Å²) < 4.78 is 4.78. The topological polar surface area (TPSA) is 95.9 Å². The van der Waals surface area contributed by atoms with E-state index in [9.17, 15) is 14.7 Å². The predicted molar refractivity (Wildman–Crippen MR) is 107 cm³/mol. The Hall–Kier alpha value is -2.41. The fraction of sp³-hybridized carbons (Fsp3) is 0.333. The van der Waals surface area contributed by atoms with Crippen molar-refractivity contribution < 1.29 is 24.5 Å². The molecule has 150 valence electrons. The van der Waals surface area contributed by atoms with Crippen LogP contribution in [0.5, 0.6) is 0 Å². The summed E-state index contributed by atoms with van der Waals surface area (Å²) >= 11 is 6.12. The van der Waals surface area contributed by atoms with Gasteiger partial charge in [-0.3, -0.25) is 9.59 Å². The minimum Gasteiger partial charge on any atom is -0.481 e. The zero-order valence-corrected chi connectivity index (χ0v) is 16.6. The Morgan fingerprint density at radius 3 is 2.39 bits per heavy atom. The van der Waals surface area contributed by atoms with Gasteiger partial charge in [0, 0.05) is 12.1 Å². The van der Waals surface area contributed by atoms with Crippen LogP contribution in [0.3, 0.4) is 0 Å². The number of hydrogen-bond acceptors (Lipinski definition) is 4. The number of aliphatic carboxylic acids is 1. The van der Waals surface area contributed by atoms with Gasteiger partial charge in [0.2, 0.25) is 5.91 Å². The summed E-state index contributed by atoms with van der Waals surface area (Å²) in [6, 6.07) is 12.7. The summed E-state index contributed by atoms with van der Waals surface area (Å²) in [6.07, 6.45) is -1.38. The second-order valence-corrected chi connectivity index (χ2v) is 7.13. The van der Waals surface area contributed by atoms with Crippen molar-refractivity contribution in [2.24, 2.45) is 0 Å². The molecule has 0 saturated heterocycles. The van der Waals surface area contributed by atoms with Crippen molar-refractivity contribution in [2.75, 3.05) is 13.7 Å². The molecule has 0 spiro atoms. The molecule has 3 N–H and O–H groups in total. The van der Waals surface area contributed by atoms with Crippen LogP contribution in [0.1, 0.15) is 17.5 Å². The number of methoxy groups -OCH3 is 1. The fourth-order valence-electron chi connectivity index (χ4n) is 2.97. The van der Waals surface area contributed by atoms with E-state index in [2.05, 4.69) is 5.32 Å². The third kappa shape index (κ3) is 6.64. The van der Waals surface area contributed by atoms with Crippen LogP contribution >= 0.6 is 11.6 Å². The van der Waals surface area contributed by atoms with Gasteiger partial charge in [0.1, 0.15) is 6.61 Å². The number of carboxylic acid groups (broad SMARTS) is 1. The summed E-state index contributed by atoms with van der Waals surface area (Å²) in [5.74, 6) is -1.55. The molecule has 0 saturated carbocycles. The monoisotopic (exact) mass is 405 g/mol. The van der Waals surface area contributed by atoms with Crippen LogP contribution < -0.4 is 5.32 Å². The lowest BCUT2D eigenvalue weighted by Gasteiger charge is -2.23. The number of carboxylic acids is 1.